The zero-order chi connectivity index (χ0) is 13.9. The zero-order valence-electron chi connectivity index (χ0n) is 11.0. The number of sulfonamides is 1. The highest BCUT2D eigenvalue weighted by Crippen LogP contribution is 2.21. The molecule has 1 atom stereocenters. The summed E-state index contributed by atoms with van der Waals surface area (Å²) in [6.07, 6.45) is 2.57. The Labute approximate surface area is 113 Å². The molecule has 19 heavy (non-hydrogen) atoms. The smallest absolute Gasteiger partial charge is 0.243 e. The lowest BCUT2D eigenvalue weighted by atomic mass is 10.1. The van der Waals surface area contributed by atoms with Crippen LogP contribution in [0.2, 0.25) is 0 Å². The monoisotopic (exact) mass is 286 g/mol. The summed E-state index contributed by atoms with van der Waals surface area (Å²) in [5.74, 6) is -0.531. The standard InChI is InChI=1S/C13H19FN2O2S/c1-16(12-5-3-8-15-9-7-12)19(17,18)13-6-2-4-11(14)10-13/h2,4,6,10,12,15H,3,5,7-9H2,1H3/t12-/m1/s1. The molecule has 2 rings (SSSR count). The van der Waals surface area contributed by atoms with Crippen molar-refractivity contribution >= 4 is 10.0 Å². The van der Waals surface area contributed by atoms with Crippen LogP contribution in [-0.2, 0) is 10.0 Å². The number of rotatable bonds is 3. The van der Waals surface area contributed by atoms with E-state index in [0.717, 1.165) is 38.4 Å². The Morgan fingerprint density at radius 2 is 2.11 bits per heavy atom. The normalized spacial score (nSPS) is 21.3. The number of nitrogens with one attached hydrogen (secondary N) is 1. The molecule has 1 saturated heterocycles. The number of nitrogens with zero attached hydrogens (tertiary/aromatic N) is 1. The fraction of sp³-hybridized carbons (Fsp3) is 0.538. The fourth-order valence-electron chi connectivity index (χ4n) is 2.35. The summed E-state index contributed by atoms with van der Waals surface area (Å²) in [5.41, 5.74) is 0. The lowest BCUT2D eigenvalue weighted by Gasteiger charge is -2.26. The van der Waals surface area contributed by atoms with E-state index in [9.17, 15) is 12.8 Å². The minimum atomic E-state index is -3.61. The van der Waals surface area contributed by atoms with Crippen molar-refractivity contribution in [2.45, 2.75) is 30.2 Å². The first-order valence-electron chi connectivity index (χ1n) is 6.46. The van der Waals surface area contributed by atoms with E-state index >= 15 is 0 Å². The Morgan fingerprint density at radius 3 is 2.84 bits per heavy atom. The van der Waals surface area contributed by atoms with Crippen LogP contribution < -0.4 is 5.32 Å². The van der Waals surface area contributed by atoms with Crippen molar-refractivity contribution < 1.29 is 12.8 Å². The molecule has 0 saturated carbocycles. The van der Waals surface area contributed by atoms with Gasteiger partial charge in [-0.2, -0.15) is 4.31 Å². The molecular weight excluding hydrogens is 267 g/mol. The molecule has 4 nitrogen and oxygen atoms in total. The molecule has 0 bridgehead atoms. The SMILES string of the molecule is CN([C@@H]1CCCNCC1)S(=O)(=O)c1cccc(F)c1. The molecule has 0 aromatic heterocycles. The third-order valence-electron chi connectivity index (χ3n) is 3.53. The Bertz CT molecular complexity index is 525. The summed E-state index contributed by atoms with van der Waals surface area (Å²) in [7, 11) is -2.03. The first kappa shape index (κ1) is 14.4. The topological polar surface area (TPSA) is 49.4 Å². The lowest BCUT2D eigenvalue weighted by Crippen LogP contribution is -2.37. The van der Waals surface area contributed by atoms with E-state index in [0.29, 0.717) is 0 Å². The van der Waals surface area contributed by atoms with Crippen LogP contribution in [0, 0.1) is 5.82 Å². The van der Waals surface area contributed by atoms with Gasteiger partial charge in [0.05, 0.1) is 4.90 Å². The largest absolute Gasteiger partial charge is 0.317 e. The van der Waals surface area contributed by atoms with E-state index in [2.05, 4.69) is 5.32 Å². The Hall–Kier alpha value is -0.980. The van der Waals surface area contributed by atoms with Gasteiger partial charge in [0.1, 0.15) is 5.82 Å². The van der Waals surface area contributed by atoms with Crippen molar-refractivity contribution in [1.82, 2.24) is 9.62 Å². The molecule has 1 heterocycles. The van der Waals surface area contributed by atoms with Gasteiger partial charge in [-0.25, -0.2) is 12.8 Å². The van der Waals surface area contributed by atoms with Crippen molar-refractivity contribution in [1.29, 1.82) is 0 Å². The molecule has 1 aliphatic heterocycles. The van der Waals surface area contributed by atoms with E-state index in [4.69, 9.17) is 0 Å². The van der Waals surface area contributed by atoms with Gasteiger partial charge in [0.25, 0.3) is 0 Å². The first-order valence-corrected chi connectivity index (χ1v) is 7.90. The summed E-state index contributed by atoms with van der Waals surface area (Å²) in [4.78, 5) is 0.0206. The summed E-state index contributed by atoms with van der Waals surface area (Å²) >= 11 is 0. The van der Waals surface area contributed by atoms with Crippen molar-refractivity contribution in [3.63, 3.8) is 0 Å². The number of hydrogen-bond acceptors (Lipinski definition) is 3. The Balaban J connectivity index is 2.23. The first-order chi connectivity index (χ1) is 9.01. The van der Waals surface area contributed by atoms with Crippen LogP contribution in [0.3, 0.4) is 0 Å². The predicted molar refractivity (Wildman–Crippen MR) is 71.9 cm³/mol. The predicted octanol–water partition coefficient (Wildman–Crippen LogP) is 1.59. The Morgan fingerprint density at radius 1 is 1.32 bits per heavy atom. The average molecular weight is 286 g/mol. The Kier molecular flexibility index (Phi) is 4.54. The van der Waals surface area contributed by atoms with Gasteiger partial charge in [0, 0.05) is 13.1 Å². The van der Waals surface area contributed by atoms with Gasteiger partial charge < -0.3 is 5.32 Å². The van der Waals surface area contributed by atoms with E-state index in [-0.39, 0.29) is 10.9 Å². The van der Waals surface area contributed by atoms with Crippen LogP contribution in [0.1, 0.15) is 19.3 Å². The van der Waals surface area contributed by atoms with Crippen molar-refractivity contribution in [2.75, 3.05) is 20.1 Å². The minimum absolute atomic E-state index is 0.0206. The maximum absolute atomic E-state index is 13.2. The summed E-state index contributed by atoms with van der Waals surface area (Å²) in [5, 5.41) is 3.25. The molecule has 0 unspecified atom stereocenters. The van der Waals surface area contributed by atoms with Crippen LogP contribution in [0.15, 0.2) is 29.2 Å². The van der Waals surface area contributed by atoms with Crippen LogP contribution in [0.25, 0.3) is 0 Å². The minimum Gasteiger partial charge on any atom is -0.317 e. The van der Waals surface area contributed by atoms with E-state index in [1.165, 1.54) is 22.5 Å². The lowest BCUT2D eigenvalue weighted by molar-refractivity contribution is 0.341. The van der Waals surface area contributed by atoms with Crippen LogP contribution >= 0.6 is 0 Å². The summed E-state index contributed by atoms with van der Waals surface area (Å²) in [6.45, 7) is 1.73. The van der Waals surface area contributed by atoms with Crippen LogP contribution in [-0.4, -0.2) is 38.9 Å². The molecule has 1 fully saturated rings. The molecule has 0 radical (unpaired) electrons. The highest BCUT2D eigenvalue weighted by molar-refractivity contribution is 7.89. The molecule has 0 amide bonds. The quantitative estimate of drug-likeness (QED) is 0.918. The molecule has 1 aromatic carbocycles. The fourth-order valence-corrected chi connectivity index (χ4v) is 3.80. The third kappa shape index (κ3) is 3.32. The zero-order valence-corrected chi connectivity index (χ0v) is 11.8. The van der Waals surface area contributed by atoms with E-state index < -0.39 is 15.8 Å². The highest BCUT2D eigenvalue weighted by atomic mass is 32.2. The molecule has 6 heteroatoms. The van der Waals surface area contributed by atoms with E-state index in [1.54, 1.807) is 7.05 Å². The second-order valence-corrected chi connectivity index (χ2v) is 6.81. The molecule has 0 aliphatic carbocycles. The third-order valence-corrected chi connectivity index (χ3v) is 5.44. The number of benzene rings is 1. The van der Waals surface area contributed by atoms with Gasteiger partial charge in [0.2, 0.25) is 10.0 Å². The van der Waals surface area contributed by atoms with Gasteiger partial charge in [0.15, 0.2) is 0 Å². The van der Waals surface area contributed by atoms with Gasteiger partial charge >= 0.3 is 0 Å². The highest BCUT2D eigenvalue weighted by Gasteiger charge is 2.28. The van der Waals surface area contributed by atoms with Gasteiger partial charge in [-0.05, 0) is 50.6 Å². The van der Waals surface area contributed by atoms with Crippen LogP contribution in [0.4, 0.5) is 4.39 Å². The van der Waals surface area contributed by atoms with E-state index in [1.807, 2.05) is 0 Å². The van der Waals surface area contributed by atoms with Gasteiger partial charge in [-0.1, -0.05) is 6.07 Å². The molecular formula is C13H19FN2O2S. The van der Waals surface area contributed by atoms with Crippen molar-refractivity contribution in [2.24, 2.45) is 0 Å². The van der Waals surface area contributed by atoms with Gasteiger partial charge in [-0.3, -0.25) is 0 Å². The maximum Gasteiger partial charge on any atom is 0.243 e. The molecule has 1 N–H and O–H groups in total. The van der Waals surface area contributed by atoms with Gasteiger partial charge in [-0.15, -0.1) is 0 Å². The summed E-state index contributed by atoms with van der Waals surface area (Å²) < 4.78 is 39.4. The van der Waals surface area contributed by atoms with Crippen molar-refractivity contribution in [3.8, 4) is 0 Å². The number of hydrogen-bond donors (Lipinski definition) is 1. The molecule has 106 valence electrons. The number of halogens is 1. The molecule has 1 aliphatic rings. The second-order valence-electron chi connectivity index (χ2n) is 4.81. The maximum atomic E-state index is 13.2. The molecule has 0 spiro atoms. The summed E-state index contributed by atoms with van der Waals surface area (Å²) in [6, 6.07) is 5.15. The molecule has 1 aromatic rings. The average Bonchev–Trinajstić information content (AvgIpc) is 2.66. The van der Waals surface area contributed by atoms with Crippen LogP contribution in [0.5, 0.6) is 0 Å². The van der Waals surface area contributed by atoms with Crippen molar-refractivity contribution in [3.05, 3.63) is 30.1 Å². The second kappa shape index (κ2) is 5.98.